The van der Waals surface area contributed by atoms with Gasteiger partial charge in [0.05, 0.1) is 12.1 Å². The van der Waals surface area contributed by atoms with Gasteiger partial charge in [-0.05, 0) is 18.2 Å². The monoisotopic (exact) mass is 330 g/mol. The maximum atomic E-state index is 9.04. The Morgan fingerprint density at radius 3 is 3.00 bits per heavy atom. The Morgan fingerprint density at radius 1 is 1.50 bits per heavy atom. The summed E-state index contributed by atoms with van der Waals surface area (Å²) in [4.78, 5) is 8.62. The SMILES string of the molecule is C[C@H](CO)c1ncc2cc(OI)ccc2n1. The van der Waals surface area contributed by atoms with Crippen molar-refractivity contribution in [3.05, 3.63) is 30.2 Å². The number of hydrogen-bond donors (Lipinski definition) is 1. The number of nitrogens with zero attached hydrogens (tertiary/aromatic N) is 2. The molecule has 1 heterocycles. The second-order valence-corrected chi connectivity index (χ2v) is 4.05. The predicted octanol–water partition coefficient (Wildman–Crippen LogP) is 2.45. The van der Waals surface area contributed by atoms with Crippen LogP contribution in [0.3, 0.4) is 0 Å². The zero-order valence-electron chi connectivity index (χ0n) is 8.72. The van der Waals surface area contributed by atoms with Gasteiger partial charge in [0.25, 0.3) is 0 Å². The van der Waals surface area contributed by atoms with E-state index in [-0.39, 0.29) is 12.5 Å². The van der Waals surface area contributed by atoms with Crippen molar-refractivity contribution < 1.29 is 8.17 Å². The van der Waals surface area contributed by atoms with Crippen LogP contribution in [0.15, 0.2) is 24.4 Å². The van der Waals surface area contributed by atoms with Crippen LogP contribution in [-0.4, -0.2) is 21.7 Å². The number of fused-ring (bicyclic) bond motifs is 1. The predicted molar refractivity (Wildman–Crippen MR) is 69.7 cm³/mol. The van der Waals surface area contributed by atoms with Gasteiger partial charge in [-0.15, -0.1) is 0 Å². The van der Waals surface area contributed by atoms with E-state index in [4.69, 9.17) is 8.17 Å². The van der Waals surface area contributed by atoms with Gasteiger partial charge in [0.2, 0.25) is 0 Å². The number of aliphatic hydroxyl groups excluding tert-OH is 1. The highest BCUT2D eigenvalue weighted by atomic mass is 127. The van der Waals surface area contributed by atoms with Crippen LogP contribution in [0, 0.1) is 0 Å². The molecule has 1 aromatic heterocycles. The van der Waals surface area contributed by atoms with E-state index >= 15 is 0 Å². The number of halogens is 1. The van der Waals surface area contributed by atoms with E-state index in [9.17, 15) is 0 Å². The highest BCUT2D eigenvalue weighted by Crippen LogP contribution is 2.21. The summed E-state index contributed by atoms with van der Waals surface area (Å²) in [5.41, 5.74) is 0.863. The molecule has 5 heteroatoms. The van der Waals surface area contributed by atoms with Gasteiger partial charge >= 0.3 is 0 Å². The minimum Gasteiger partial charge on any atom is -0.428 e. The van der Waals surface area contributed by atoms with Gasteiger partial charge in [0, 0.05) is 17.5 Å². The molecule has 2 aromatic rings. The number of aliphatic hydroxyl groups is 1. The van der Waals surface area contributed by atoms with E-state index in [1.165, 1.54) is 0 Å². The molecule has 0 aliphatic carbocycles. The van der Waals surface area contributed by atoms with Gasteiger partial charge < -0.3 is 8.17 Å². The molecule has 1 atom stereocenters. The van der Waals surface area contributed by atoms with Gasteiger partial charge in [-0.1, -0.05) is 6.92 Å². The van der Waals surface area contributed by atoms with Crippen molar-refractivity contribution in [2.24, 2.45) is 0 Å². The Labute approximate surface area is 107 Å². The first kappa shape index (κ1) is 11.5. The van der Waals surface area contributed by atoms with E-state index < -0.39 is 0 Å². The number of rotatable bonds is 3. The Kier molecular flexibility index (Phi) is 3.55. The highest BCUT2D eigenvalue weighted by molar-refractivity contribution is 14.1. The largest absolute Gasteiger partial charge is 0.428 e. The van der Waals surface area contributed by atoms with Crippen LogP contribution in [0.1, 0.15) is 18.7 Å². The van der Waals surface area contributed by atoms with Gasteiger partial charge in [0.15, 0.2) is 23.0 Å². The summed E-state index contributed by atoms with van der Waals surface area (Å²) < 4.78 is 5.10. The third-order valence-corrected chi connectivity index (χ3v) is 2.88. The molecule has 0 spiro atoms. The molecule has 0 aliphatic rings. The van der Waals surface area contributed by atoms with Crippen LogP contribution in [-0.2, 0) is 0 Å². The van der Waals surface area contributed by atoms with Crippen molar-refractivity contribution in [3.8, 4) is 5.75 Å². The van der Waals surface area contributed by atoms with Gasteiger partial charge in [-0.2, -0.15) is 0 Å². The van der Waals surface area contributed by atoms with Crippen molar-refractivity contribution in [2.75, 3.05) is 6.61 Å². The second-order valence-electron chi connectivity index (χ2n) is 3.61. The molecule has 0 saturated carbocycles. The van der Waals surface area contributed by atoms with E-state index in [0.717, 1.165) is 16.7 Å². The fourth-order valence-corrected chi connectivity index (χ4v) is 1.67. The molecule has 0 fully saturated rings. The molecule has 2 rings (SSSR count). The fraction of sp³-hybridized carbons (Fsp3) is 0.273. The van der Waals surface area contributed by atoms with Crippen molar-refractivity contribution >= 4 is 33.9 Å². The minimum atomic E-state index is -0.0371. The Hall–Kier alpha value is -0.950. The lowest BCUT2D eigenvalue weighted by Crippen LogP contribution is -2.04. The van der Waals surface area contributed by atoms with Crippen molar-refractivity contribution in [1.29, 1.82) is 0 Å². The standard InChI is InChI=1S/C11H11IN2O2/c1-7(6-15)11-13-5-8-4-9(16-12)2-3-10(8)14-11/h2-5,7,15H,6H2,1H3/t7-/m1/s1. The molecule has 0 amide bonds. The maximum absolute atomic E-state index is 9.04. The lowest BCUT2D eigenvalue weighted by Gasteiger charge is -2.07. The molecule has 1 N–H and O–H groups in total. The third-order valence-electron chi connectivity index (χ3n) is 2.37. The smallest absolute Gasteiger partial charge is 0.192 e. The summed E-state index contributed by atoms with van der Waals surface area (Å²) in [5, 5.41) is 9.97. The second kappa shape index (κ2) is 4.92. The Balaban J connectivity index is 2.47. The Morgan fingerprint density at radius 2 is 2.31 bits per heavy atom. The third kappa shape index (κ3) is 2.25. The molecule has 1 aromatic carbocycles. The lowest BCUT2D eigenvalue weighted by atomic mass is 10.1. The lowest BCUT2D eigenvalue weighted by molar-refractivity contribution is 0.269. The first-order chi connectivity index (χ1) is 7.74. The van der Waals surface area contributed by atoms with E-state index in [1.807, 2.05) is 48.1 Å². The van der Waals surface area contributed by atoms with Crippen LogP contribution in [0.2, 0.25) is 0 Å². The minimum absolute atomic E-state index is 0.0371. The summed E-state index contributed by atoms with van der Waals surface area (Å²) in [6.07, 6.45) is 1.75. The Bertz CT molecular complexity index is 504. The van der Waals surface area contributed by atoms with E-state index in [0.29, 0.717) is 5.82 Å². The molecule has 0 radical (unpaired) electrons. The maximum Gasteiger partial charge on any atom is 0.192 e. The molecule has 0 aliphatic heterocycles. The van der Waals surface area contributed by atoms with Crippen molar-refractivity contribution in [3.63, 3.8) is 0 Å². The summed E-state index contributed by atoms with van der Waals surface area (Å²) in [6.45, 7) is 1.95. The zero-order chi connectivity index (χ0) is 11.5. The summed E-state index contributed by atoms with van der Waals surface area (Å²) in [7, 11) is 0. The van der Waals surface area contributed by atoms with E-state index in [2.05, 4.69) is 9.97 Å². The molecule has 84 valence electrons. The van der Waals surface area contributed by atoms with Gasteiger partial charge in [-0.3, -0.25) is 0 Å². The molecule has 0 saturated heterocycles. The summed E-state index contributed by atoms with van der Waals surface area (Å²) >= 11 is 1.84. The van der Waals surface area contributed by atoms with Gasteiger partial charge in [-0.25, -0.2) is 9.97 Å². The van der Waals surface area contributed by atoms with E-state index in [1.54, 1.807) is 6.20 Å². The number of hydrogen-bond acceptors (Lipinski definition) is 4. The van der Waals surface area contributed by atoms with Crippen LogP contribution in [0.4, 0.5) is 0 Å². The van der Waals surface area contributed by atoms with Gasteiger partial charge in [0.1, 0.15) is 11.6 Å². The average Bonchev–Trinajstić information content (AvgIpc) is 2.36. The molecule has 0 bridgehead atoms. The normalized spacial score (nSPS) is 12.7. The first-order valence-electron chi connectivity index (χ1n) is 4.90. The molecule has 4 nitrogen and oxygen atoms in total. The van der Waals surface area contributed by atoms with Crippen molar-refractivity contribution in [1.82, 2.24) is 9.97 Å². The fourth-order valence-electron chi connectivity index (χ4n) is 1.39. The number of benzene rings is 1. The average molecular weight is 330 g/mol. The van der Waals surface area contributed by atoms with Crippen LogP contribution >= 0.6 is 23.0 Å². The zero-order valence-corrected chi connectivity index (χ0v) is 10.9. The molecule has 0 unspecified atom stereocenters. The molecule has 16 heavy (non-hydrogen) atoms. The topological polar surface area (TPSA) is 55.2 Å². The van der Waals surface area contributed by atoms with Crippen LogP contribution in [0.5, 0.6) is 5.75 Å². The first-order valence-corrected chi connectivity index (χ1v) is 5.79. The summed E-state index contributed by atoms with van der Waals surface area (Å²) in [5.74, 6) is 1.41. The molecular weight excluding hydrogens is 319 g/mol. The van der Waals surface area contributed by atoms with Crippen LogP contribution in [0.25, 0.3) is 10.9 Å². The highest BCUT2D eigenvalue weighted by Gasteiger charge is 2.08. The quantitative estimate of drug-likeness (QED) is 0.879. The molecular formula is C11H11IN2O2. The van der Waals surface area contributed by atoms with Crippen LogP contribution < -0.4 is 3.07 Å². The summed E-state index contributed by atoms with van der Waals surface area (Å²) in [6, 6.07) is 5.63. The van der Waals surface area contributed by atoms with Crippen molar-refractivity contribution in [2.45, 2.75) is 12.8 Å². The number of aromatic nitrogens is 2.